The number of hydrogen-bond acceptors (Lipinski definition) is 1. The molecule has 0 radical (unpaired) electrons. The SMILES string of the molecule is Cc1cc(C)c(C(N)c2cc(F)c(F)c(F)c2)c(C)c1. The highest BCUT2D eigenvalue weighted by molar-refractivity contribution is 5.44. The maximum atomic E-state index is 13.3. The molecule has 0 amide bonds. The lowest BCUT2D eigenvalue weighted by atomic mass is 9.90. The van der Waals surface area contributed by atoms with Crippen molar-refractivity contribution in [2.45, 2.75) is 26.8 Å². The van der Waals surface area contributed by atoms with Gasteiger partial charge in [-0.1, -0.05) is 17.7 Å². The molecule has 0 bridgehead atoms. The van der Waals surface area contributed by atoms with Crippen LogP contribution in [-0.2, 0) is 0 Å². The Kier molecular flexibility index (Phi) is 3.86. The molecule has 20 heavy (non-hydrogen) atoms. The standard InChI is InChI=1S/C16H16F3N/c1-8-4-9(2)14(10(3)5-8)16(20)11-6-12(17)15(19)13(18)7-11/h4-7,16H,20H2,1-3H3. The Hall–Kier alpha value is -1.81. The first kappa shape index (κ1) is 14.6. The first-order valence-corrected chi connectivity index (χ1v) is 6.29. The van der Waals surface area contributed by atoms with Crippen LogP contribution in [0.2, 0.25) is 0 Å². The summed E-state index contributed by atoms with van der Waals surface area (Å²) >= 11 is 0. The molecule has 0 aromatic heterocycles. The topological polar surface area (TPSA) is 26.0 Å². The Labute approximate surface area is 116 Å². The molecular weight excluding hydrogens is 263 g/mol. The molecule has 1 unspecified atom stereocenters. The first-order valence-electron chi connectivity index (χ1n) is 6.29. The van der Waals surface area contributed by atoms with E-state index in [-0.39, 0.29) is 5.56 Å². The summed E-state index contributed by atoms with van der Waals surface area (Å²) < 4.78 is 39.6. The van der Waals surface area contributed by atoms with Crippen LogP contribution in [-0.4, -0.2) is 0 Å². The second-order valence-corrected chi connectivity index (χ2v) is 5.09. The Balaban J connectivity index is 2.55. The molecule has 1 nitrogen and oxygen atoms in total. The fourth-order valence-corrected chi connectivity index (χ4v) is 2.60. The molecule has 1 atom stereocenters. The Morgan fingerprint density at radius 1 is 0.850 bits per heavy atom. The minimum atomic E-state index is -1.47. The number of halogens is 3. The summed E-state index contributed by atoms with van der Waals surface area (Å²) in [4.78, 5) is 0. The van der Waals surface area contributed by atoms with Crippen LogP contribution in [0.25, 0.3) is 0 Å². The third-order valence-corrected chi connectivity index (χ3v) is 3.41. The van der Waals surface area contributed by atoms with E-state index in [4.69, 9.17) is 5.73 Å². The van der Waals surface area contributed by atoms with Crippen LogP contribution >= 0.6 is 0 Å². The summed E-state index contributed by atoms with van der Waals surface area (Å²) in [6.45, 7) is 5.75. The molecule has 0 saturated heterocycles. The van der Waals surface area contributed by atoms with Crippen molar-refractivity contribution in [2.75, 3.05) is 0 Å². The predicted octanol–water partition coefficient (Wildman–Crippen LogP) is 4.08. The quantitative estimate of drug-likeness (QED) is 0.824. The molecule has 0 heterocycles. The van der Waals surface area contributed by atoms with Gasteiger partial charge in [-0.15, -0.1) is 0 Å². The van der Waals surface area contributed by atoms with E-state index in [9.17, 15) is 13.2 Å². The molecule has 2 aromatic rings. The highest BCUT2D eigenvalue weighted by atomic mass is 19.2. The third kappa shape index (κ3) is 2.56. The number of aryl methyl sites for hydroxylation is 3. The van der Waals surface area contributed by atoms with E-state index in [1.165, 1.54) is 0 Å². The molecule has 0 aliphatic heterocycles. The maximum Gasteiger partial charge on any atom is 0.194 e. The second-order valence-electron chi connectivity index (χ2n) is 5.09. The van der Waals surface area contributed by atoms with E-state index in [1.54, 1.807) is 0 Å². The highest BCUT2D eigenvalue weighted by Crippen LogP contribution is 2.28. The van der Waals surface area contributed by atoms with E-state index in [0.717, 1.165) is 34.4 Å². The zero-order chi connectivity index (χ0) is 15.0. The minimum Gasteiger partial charge on any atom is -0.320 e. The van der Waals surface area contributed by atoms with Gasteiger partial charge in [-0.25, -0.2) is 13.2 Å². The lowest BCUT2D eigenvalue weighted by Gasteiger charge is -2.19. The van der Waals surface area contributed by atoms with Crippen LogP contribution in [0.3, 0.4) is 0 Å². The maximum absolute atomic E-state index is 13.3. The fourth-order valence-electron chi connectivity index (χ4n) is 2.60. The zero-order valence-corrected chi connectivity index (χ0v) is 11.6. The molecule has 4 heteroatoms. The number of hydrogen-bond donors (Lipinski definition) is 1. The lowest BCUT2D eigenvalue weighted by molar-refractivity contribution is 0.444. The van der Waals surface area contributed by atoms with Crippen molar-refractivity contribution >= 4 is 0 Å². The van der Waals surface area contributed by atoms with Crippen LogP contribution in [0.4, 0.5) is 13.2 Å². The number of rotatable bonds is 2. The van der Waals surface area contributed by atoms with Crippen molar-refractivity contribution in [3.63, 3.8) is 0 Å². The van der Waals surface area contributed by atoms with Gasteiger partial charge < -0.3 is 5.73 Å². The third-order valence-electron chi connectivity index (χ3n) is 3.41. The van der Waals surface area contributed by atoms with E-state index in [2.05, 4.69) is 0 Å². The normalized spacial score (nSPS) is 12.6. The van der Waals surface area contributed by atoms with Gasteiger partial charge in [0.2, 0.25) is 0 Å². The largest absolute Gasteiger partial charge is 0.320 e. The van der Waals surface area contributed by atoms with Crippen LogP contribution in [0.5, 0.6) is 0 Å². The van der Waals surface area contributed by atoms with Crippen LogP contribution < -0.4 is 5.73 Å². The monoisotopic (exact) mass is 279 g/mol. The van der Waals surface area contributed by atoms with Crippen molar-refractivity contribution in [3.8, 4) is 0 Å². The van der Waals surface area contributed by atoms with Crippen molar-refractivity contribution in [1.82, 2.24) is 0 Å². The van der Waals surface area contributed by atoms with Gasteiger partial charge in [-0.05, 0) is 55.2 Å². The van der Waals surface area contributed by atoms with Crippen LogP contribution in [0.1, 0.15) is 33.9 Å². The molecule has 2 aromatic carbocycles. The highest BCUT2D eigenvalue weighted by Gasteiger charge is 2.19. The fraction of sp³-hybridized carbons (Fsp3) is 0.250. The van der Waals surface area contributed by atoms with Gasteiger partial charge in [0.15, 0.2) is 17.5 Å². The number of benzene rings is 2. The van der Waals surface area contributed by atoms with E-state index in [1.807, 2.05) is 32.9 Å². The molecule has 0 saturated carbocycles. The van der Waals surface area contributed by atoms with Crippen LogP contribution in [0.15, 0.2) is 24.3 Å². The van der Waals surface area contributed by atoms with E-state index < -0.39 is 23.5 Å². The Bertz CT molecular complexity index is 619. The molecule has 0 spiro atoms. The van der Waals surface area contributed by atoms with Gasteiger partial charge in [0.25, 0.3) is 0 Å². The van der Waals surface area contributed by atoms with Gasteiger partial charge in [-0.2, -0.15) is 0 Å². The van der Waals surface area contributed by atoms with E-state index in [0.29, 0.717) is 0 Å². The summed E-state index contributed by atoms with van der Waals surface area (Å²) in [5.74, 6) is -3.92. The molecular formula is C16H16F3N. The summed E-state index contributed by atoms with van der Waals surface area (Å²) in [6.07, 6.45) is 0. The van der Waals surface area contributed by atoms with Gasteiger partial charge >= 0.3 is 0 Å². The predicted molar refractivity (Wildman–Crippen MR) is 73.0 cm³/mol. The van der Waals surface area contributed by atoms with Crippen molar-refractivity contribution < 1.29 is 13.2 Å². The van der Waals surface area contributed by atoms with Gasteiger partial charge in [0.1, 0.15) is 0 Å². The summed E-state index contributed by atoms with van der Waals surface area (Å²) in [7, 11) is 0. The Morgan fingerprint density at radius 2 is 1.30 bits per heavy atom. The van der Waals surface area contributed by atoms with Crippen LogP contribution in [0, 0.1) is 38.2 Å². The van der Waals surface area contributed by atoms with Gasteiger partial charge in [0.05, 0.1) is 6.04 Å². The molecule has 0 aliphatic carbocycles. The number of nitrogens with two attached hydrogens (primary N) is 1. The zero-order valence-electron chi connectivity index (χ0n) is 11.6. The Morgan fingerprint density at radius 3 is 1.75 bits per heavy atom. The van der Waals surface area contributed by atoms with Gasteiger partial charge in [0, 0.05) is 0 Å². The average molecular weight is 279 g/mol. The summed E-state index contributed by atoms with van der Waals surface area (Å²) in [5.41, 5.74) is 10.1. The molecule has 0 fully saturated rings. The lowest BCUT2D eigenvalue weighted by Crippen LogP contribution is -2.16. The second kappa shape index (κ2) is 5.29. The van der Waals surface area contributed by atoms with Crippen molar-refractivity contribution in [1.29, 1.82) is 0 Å². The average Bonchev–Trinajstić information content (AvgIpc) is 2.33. The molecule has 2 N–H and O–H groups in total. The molecule has 0 aliphatic rings. The van der Waals surface area contributed by atoms with Crippen molar-refractivity contribution in [2.24, 2.45) is 5.73 Å². The summed E-state index contributed by atoms with van der Waals surface area (Å²) in [5, 5.41) is 0. The summed E-state index contributed by atoms with van der Waals surface area (Å²) in [6, 6.07) is 5.11. The minimum absolute atomic E-state index is 0.219. The van der Waals surface area contributed by atoms with Crippen molar-refractivity contribution in [3.05, 3.63) is 69.5 Å². The van der Waals surface area contributed by atoms with E-state index >= 15 is 0 Å². The smallest absolute Gasteiger partial charge is 0.194 e. The molecule has 106 valence electrons. The van der Waals surface area contributed by atoms with Gasteiger partial charge in [-0.3, -0.25) is 0 Å². The first-order chi connectivity index (χ1) is 9.31. The molecule has 2 rings (SSSR count).